The molecule has 2 aromatic carbocycles. The summed E-state index contributed by atoms with van der Waals surface area (Å²) in [6, 6.07) is 14.4. The number of nitrogens with one attached hydrogen (secondary N) is 1. The molecule has 1 heterocycles. The van der Waals surface area contributed by atoms with Gasteiger partial charge in [-0.2, -0.15) is 0 Å². The van der Waals surface area contributed by atoms with Crippen molar-refractivity contribution in [3.05, 3.63) is 58.1 Å². The largest absolute Gasteiger partial charge is 0.368 e. The molecule has 1 aliphatic heterocycles. The number of nitrogens with zero attached hydrogens (tertiary/aromatic N) is 2. The lowest BCUT2D eigenvalue weighted by atomic mass is 10.1. The van der Waals surface area contributed by atoms with Gasteiger partial charge in [0.05, 0.1) is 0 Å². The van der Waals surface area contributed by atoms with Crippen molar-refractivity contribution in [3.63, 3.8) is 0 Å². The van der Waals surface area contributed by atoms with Gasteiger partial charge in [-0.15, -0.1) is 0 Å². The van der Waals surface area contributed by atoms with E-state index in [0.29, 0.717) is 5.71 Å². The highest BCUT2D eigenvalue weighted by Gasteiger charge is 2.18. The van der Waals surface area contributed by atoms with Crippen LogP contribution in [0.15, 0.2) is 46.9 Å². The third-order valence-electron chi connectivity index (χ3n) is 4.65. The van der Waals surface area contributed by atoms with E-state index in [1.165, 1.54) is 16.9 Å². The minimum Gasteiger partial charge on any atom is -0.368 e. The molecule has 5 heteroatoms. The van der Waals surface area contributed by atoms with E-state index in [9.17, 15) is 4.79 Å². The summed E-state index contributed by atoms with van der Waals surface area (Å²) in [7, 11) is 0. The number of aryl methyl sites for hydroxylation is 1. The minimum atomic E-state index is 0.171. The van der Waals surface area contributed by atoms with Gasteiger partial charge in [-0.1, -0.05) is 28.1 Å². The molecule has 2 aromatic rings. The summed E-state index contributed by atoms with van der Waals surface area (Å²) in [5.41, 5.74) is 4.97. The fraction of sp³-hybridized carbons (Fsp3) is 0.300. The second kappa shape index (κ2) is 7.83. The maximum Gasteiger partial charge on any atom is 0.125 e. The number of benzene rings is 2. The Balaban J connectivity index is 1.64. The standard InChI is InChI=1S/C20H22BrN3O/c1-15-14-17(21)4-7-20(15)24-11-9-23(10-12-24)18-5-2-16(3-6-18)19(22)8-13-25/h2-7,13-14,22H,8-12H2,1H3. The fourth-order valence-electron chi connectivity index (χ4n) is 3.25. The van der Waals surface area contributed by atoms with Gasteiger partial charge in [0.15, 0.2) is 0 Å². The van der Waals surface area contributed by atoms with Crippen molar-refractivity contribution in [3.8, 4) is 0 Å². The van der Waals surface area contributed by atoms with Gasteiger partial charge in [0.2, 0.25) is 0 Å². The van der Waals surface area contributed by atoms with Crippen molar-refractivity contribution in [1.29, 1.82) is 5.41 Å². The van der Waals surface area contributed by atoms with Crippen molar-refractivity contribution in [2.75, 3.05) is 36.0 Å². The molecular formula is C20H22BrN3O. The van der Waals surface area contributed by atoms with E-state index < -0.39 is 0 Å². The van der Waals surface area contributed by atoms with E-state index in [4.69, 9.17) is 5.41 Å². The van der Waals surface area contributed by atoms with Gasteiger partial charge in [-0.25, -0.2) is 0 Å². The zero-order chi connectivity index (χ0) is 17.8. The van der Waals surface area contributed by atoms with Crippen LogP contribution in [0.2, 0.25) is 0 Å². The summed E-state index contributed by atoms with van der Waals surface area (Å²) in [4.78, 5) is 15.3. The van der Waals surface area contributed by atoms with Crippen molar-refractivity contribution >= 4 is 39.3 Å². The molecule has 130 valence electrons. The van der Waals surface area contributed by atoms with E-state index in [2.05, 4.69) is 63.0 Å². The molecule has 0 aliphatic carbocycles. The quantitative estimate of drug-likeness (QED) is 0.609. The van der Waals surface area contributed by atoms with Gasteiger partial charge in [-0.3, -0.25) is 0 Å². The van der Waals surface area contributed by atoms with E-state index in [1.54, 1.807) is 0 Å². The van der Waals surface area contributed by atoms with Crippen LogP contribution in [0.5, 0.6) is 0 Å². The Bertz CT molecular complexity index is 765. The van der Waals surface area contributed by atoms with Crippen molar-refractivity contribution in [2.45, 2.75) is 13.3 Å². The van der Waals surface area contributed by atoms with Gasteiger partial charge in [0.1, 0.15) is 6.29 Å². The molecule has 0 atom stereocenters. The molecule has 0 unspecified atom stereocenters. The Labute approximate surface area is 157 Å². The molecule has 1 aliphatic rings. The number of carbonyl (C=O) groups is 1. The second-order valence-corrected chi connectivity index (χ2v) is 7.22. The first-order valence-corrected chi connectivity index (χ1v) is 9.25. The summed E-state index contributed by atoms with van der Waals surface area (Å²) in [5.74, 6) is 0. The molecule has 1 fully saturated rings. The zero-order valence-electron chi connectivity index (χ0n) is 14.3. The van der Waals surface area contributed by atoms with E-state index >= 15 is 0 Å². The van der Waals surface area contributed by atoms with E-state index in [1.807, 2.05) is 12.1 Å². The predicted octanol–water partition coefficient (Wildman–Crippen LogP) is 4.04. The van der Waals surface area contributed by atoms with Crippen LogP contribution < -0.4 is 9.80 Å². The first-order chi connectivity index (χ1) is 12.1. The molecule has 4 nitrogen and oxygen atoms in total. The van der Waals surface area contributed by atoms with Crippen LogP contribution >= 0.6 is 15.9 Å². The van der Waals surface area contributed by atoms with Gasteiger partial charge >= 0.3 is 0 Å². The Morgan fingerprint density at radius 3 is 2.32 bits per heavy atom. The Hall–Kier alpha value is -2.14. The molecule has 3 rings (SSSR count). The van der Waals surface area contributed by atoms with Crippen LogP contribution in [0.1, 0.15) is 17.5 Å². The topological polar surface area (TPSA) is 47.4 Å². The molecule has 1 N–H and O–H groups in total. The van der Waals surface area contributed by atoms with Crippen LogP contribution in [0.25, 0.3) is 0 Å². The van der Waals surface area contributed by atoms with Gasteiger partial charge < -0.3 is 20.0 Å². The predicted molar refractivity (Wildman–Crippen MR) is 107 cm³/mol. The Morgan fingerprint density at radius 2 is 1.72 bits per heavy atom. The number of piperazine rings is 1. The second-order valence-electron chi connectivity index (χ2n) is 6.30. The van der Waals surface area contributed by atoms with Crippen molar-refractivity contribution < 1.29 is 4.79 Å². The molecule has 0 aromatic heterocycles. The maximum atomic E-state index is 10.5. The highest BCUT2D eigenvalue weighted by Crippen LogP contribution is 2.26. The molecule has 25 heavy (non-hydrogen) atoms. The SMILES string of the molecule is Cc1cc(Br)ccc1N1CCN(c2ccc(C(=N)CC=O)cc2)CC1. The number of anilines is 2. The smallest absolute Gasteiger partial charge is 0.125 e. The van der Waals surface area contributed by atoms with Crippen molar-refractivity contribution in [2.24, 2.45) is 0 Å². The lowest BCUT2D eigenvalue weighted by Gasteiger charge is -2.38. The maximum absolute atomic E-state index is 10.5. The van der Waals surface area contributed by atoms with Crippen LogP contribution in [0, 0.1) is 12.3 Å². The van der Waals surface area contributed by atoms with Crippen LogP contribution in [0.3, 0.4) is 0 Å². The third-order valence-corrected chi connectivity index (χ3v) is 5.14. The number of aldehydes is 1. The average molecular weight is 400 g/mol. The highest BCUT2D eigenvalue weighted by molar-refractivity contribution is 9.10. The normalized spacial score (nSPS) is 14.5. The molecular weight excluding hydrogens is 378 g/mol. The Kier molecular flexibility index (Phi) is 5.53. The highest BCUT2D eigenvalue weighted by atomic mass is 79.9. The number of carbonyl (C=O) groups excluding carboxylic acids is 1. The van der Waals surface area contributed by atoms with Crippen LogP contribution in [-0.4, -0.2) is 38.2 Å². The molecule has 0 amide bonds. The molecule has 1 saturated heterocycles. The molecule has 0 spiro atoms. The zero-order valence-corrected chi connectivity index (χ0v) is 15.9. The summed E-state index contributed by atoms with van der Waals surface area (Å²) >= 11 is 3.52. The number of rotatable bonds is 5. The summed E-state index contributed by atoms with van der Waals surface area (Å²) in [6.07, 6.45) is 0.949. The molecule has 0 radical (unpaired) electrons. The average Bonchev–Trinajstić information content (AvgIpc) is 2.62. The van der Waals surface area contributed by atoms with Crippen molar-refractivity contribution in [1.82, 2.24) is 0 Å². The minimum absolute atomic E-state index is 0.171. The Morgan fingerprint density at radius 1 is 1.08 bits per heavy atom. The first-order valence-electron chi connectivity index (χ1n) is 8.46. The lowest BCUT2D eigenvalue weighted by Crippen LogP contribution is -2.46. The number of hydrogen-bond donors (Lipinski definition) is 1. The number of halogens is 1. The van der Waals surface area contributed by atoms with Gasteiger partial charge in [0, 0.05) is 54.2 Å². The summed E-state index contributed by atoms with van der Waals surface area (Å²) < 4.78 is 1.12. The van der Waals surface area contributed by atoms with Crippen LogP contribution in [0.4, 0.5) is 11.4 Å². The van der Waals surface area contributed by atoms with E-state index in [0.717, 1.165) is 42.5 Å². The molecule has 0 bridgehead atoms. The first kappa shape index (κ1) is 17.7. The van der Waals surface area contributed by atoms with Crippen LogP contribution in [-0.2, 0) is 4.79 Å². The van der Waals surface area contributed by atoms with Gasteiger partial charge in [-0.05, 0) is 48.4 Å². The number of hydrogen-bond acceptors (Lipinski definition) is 4. The lowest BCUT2D eigenvalue weighted by molar-refractivity contribution is -0.106. The summed E-state index contributed by atoms with van der Waals surface area (Å²) in [6.45, 7) is 6.08. The summed E-state index contributed by atoms with van der Waals surface area (Å²) in [5, 5.41) is 7.85. The van der Waals surface area contributed by atoms with E-state index in [-0.39, 0.29) is 6.42 Å². The third kappa shape index (κ3) is 4.10. The monoisotopic (exact) mass is 399 g/mol. The molecule has 0 saturated carbocycles. The van der Waals surface area contributed by atoms with Gasteiger partial charge in [0.25, 0.3) is 0 Å². The fourth-order valence-corrected chi connectivity index (χ4v) is 3.73.